The highest BCUT2D eigenvalue weighted by atomic mass is 35.5. The zero-order valence-corrected chi connectivity index (χ0v) is 12.3. The van der Waals surface area contributed by atoms with Gasteiger partial charge in [-0.25, -0.2) is 4.39 Å². The van der Waals surface area contributed by atoms with Crippen molar-refractivity contribution in [2.75, 3.05) is 7.11 Å². The van der Waals surface area contributed by atoms with E-state index >= 15 is 0 Å². The Hall–Kier alpha value is -1.13. The van der Waals surface area contributed by atoms with Crippen LogP contribution in [0.15, 0.2) is 18.2 Å². The van der Waals surface area contributed by atoms with Crippen molar-refractivity contribution in [3.8, 4) is 0 Å². The molecular formula is C14H19ClFNO2. The zero-order valence-electron chi connectivity index (χ0n) is 11.5. The average molecular weight is 288 g/mol. The van der Waals surface area contributed by atoms with Gasteiger partial charge in [0.1, 0.15) is 11.9 Å². The number of carbonyl (C=O) groups is 1. The molecule has 19 heavy (non-hydrogen) atoms. The van der Waals surface area contributed by atoms with Gasteiger partial charge in [0.15, 0.2) is 0 Å². The average Bonchev–Trinajstić information content (AvgIpc) is 2.34. The van der Waals surface area contributed by atoms with E-state index in [9.17, 15) is 9.18 Å². The van der Waals surface area contributed by atoms with E-state index < -0.39 is 6.04 Å². The predicted octanol–water partition coefficient (Wildman–Crippen LogP) is 3.33. The minimum Gasteiger partial charge on any atom is -0.468 e. The molecule has 0 heterocycles. The van der Waals surface area contributed by atoms with E-state index in [1.807, 2.05) is 20.8 Å². The molecule has 0 fully saturated rings. The van der Waals surface area contributed by atoms with E-state index in [0.717, 1.165) is 5.56 Å². The summed E-state index contributed by atoms with van der Waals surface area (Å²) in [6.45, 7) is 5.72. The molecule has 1 N–H and O–H groups in total. The van der Waals surface area contributed by atoms with Gasteiger partial charge in [0.25, 0.3) is 0 Å². The largest absolute Gasteiger partial charge is 0.468 e. The highest BCUT2D eigenvalue weighted by molar-refractivity contribution is 6.31. The van der Waals surface area contributed by atoms with E-state index in [2.05, 4.69) is 5.32 Å². The lowest BCUT2D eigenvalue weighted by Gasteiger charge is -2.25. The third-order valence-electron chi connectivity index (χ3n) is 2.98. The van der Waals surface area contributed by atoms with Crippen LogP contribution in [0.25, 0.3) is 0 Å². The number of ether oxygens (including phenoxy) is 1. The van der Waals surface area contributed by atoms with E-state index in [4.69, 9.17) is 16.3 Å². The van der Waals surface area contributed by atoms with Gasteiger partial charge in [-0.2, -0.15) is 0 Å². The molecule has 1 rings (SSSR count). The molecule has 0 radical (unpaired) electrons. The number of carbonyl (C=O) groups excluding carboxylic acids is 1. The van der Waals surface area contributed by atoms with E-state index in [0.29, 0.717) is 5.02 Å². The molecule has 0 aliphatic heterocycles. The Labute approximate surface area is 118 Å². The van der Waals surface area contributed by atoms with Crippen LogP contribution in [-0.2, 0) is 9.53 Å². The molecule has 2 unspecified atom stereocenters. The van der Waals surface area contributed by atoms with Crippen LogP contribution in [0.2, 0.25) is 5.02 Å². The first-order valence-electron chi connectivity index (χ1n) is 6.15. The molecule has 0 amide bonds. The molecule has 5 heteroatoms. The fourth-order valence-electron chi connectivity index (χ4n) is 1.87. The van der Waals surface area contributed by atoms with Gasteiger partial charge in [-0.15, -0.1) is 0 Å². The van der Waals surface area contributed by atoms with Crippen LogP contribution in [0, 0.1) is 11.7 Å². The van der Waals surface area contributed by atoms with Gasteiger partial charge < -0.3 is 4.74 Å². The Morgan fingerprint density at radius 2 is 2.00 bits per heavy atom. The summed E-state index contributed by atoms with van der Waals surface area (Å²) in [5.41, 5.74) is 0.748. The molecule has 0 aliphatic rings. The Morgan fingerprint density at radius 3 is 2.47 bits per heavy atom. The molecule has 0 saturated carbocycles. The SMILES string of the molecule is COC(=O)C(NC(C)c1ccc(F)cc1Cl)C(C)C. The summed E-state index contributed by atoms with van der Waals surface area (Å²) in [6, 6.07) is 3.62. The molecule has 0 bridgehead atoms. The van der Waals surface area contributed by atoms with E-state index in [1.165, 1.54) is 19.2 Å². The first-order valence-corrected chi connectivity index (χ1v) is 6.53. The van der Waals surface area contributed by atoms with Gasteiger partial charge in [0, 0.05) is 11.1 Å². The van der Waals surface area contributed by atoms with Crippen LogP contribution < -0.4 is 5.32 Å². The zero-order chi connectivity index (χ0) is 14.6. The number of nitrogens with one attached hydrogen (secondary N) is 1. The van der Waals surface area contributed by atoms with Crippen molar-refractivity contribution in [2.24, 2.45) is 5.92 Å². The number of rotatable bonds is 5. The lowest BCUT2D eigenvalue weighted by molar-refractivity contribution is -0.144. The van der Waals surface area contributed by atoms with Crippen LogP contribution in [0.4, 0.5) is 4.39 Å². The van der Waals surface area contributed by atoms with Gasteiger partial charge in [-0.1, -0.05) is 31.5 Å². The quantitative estimate of drug-likeness (QED) is 0.844. The monoisotopic (exact) mass is 287 g/mol. The van der Waals surface area contributed by atoms with Crippen LogP contribution in [-0.4, -0.2) is 19.1 Å². The van der Waals surface area contributed by atoms with Crippen molar-refractivity contribution in [3.63, 3.8) is 0 Å². The van der Waals surface area contributed by atoms with Gasteiger partial charge >= 0.3 is 5.97 Å². The Morgan fingerprint density at radius 1 is 1.37 bits per heavy atom. The van der Waals surface area contributed by atoms with Crippen molar-refractivity contribution in [1.29, 1.82) is 0 Å². The molecule has 1 aromatic rings. The molecule has 106 valence electrons. The van der Waals surface area contributed by atoms with Gasteiger partial charge in [0.05, 0.1) is 7.11 Å². The number of esters is 1. The minimum atomic E-state index is -0.430. The highest BCUT2D eigenvalue weighted by Crippen LogP contribution is 2.24. The molecule has 0 spiro atoms. The number of halogens is 2. The van der Waals surface area contributed by atoms with Crippen LogP contribution in [0.5, 0.6) is 0 Å². The Balaban J connectivity index is 2.87. The maximum absolute atomic E-state index is 13.0. The Kier molecular flexibility index (Phi) is 5.76. The third kappa shape index (κ3) is 4.18. The second kappa shape index (κ2) is 6.87. The fraction of sp³-hybridized carbons (Fsp3) is 0.500. The smallest absolute Gasteiger partial charge is 0.323 e. The predicted molar refractivity (Wildman–Crippen MR) is 73.6 cm³/mol. The van der Waals surface area contributed by atoms with Crippen molar-refractivity contribution >= 4 is 17.6 Å². The maximum Gasteiger partial charge on any atom is 0.323 e. The second-order valence-electron chi connectivity index (χ2n) is 4.80. The van der Waals surface area contributed by atoms with E-state index in [1.54, 1.807) is 6.07 Å². The number of hydrogen-bond acceptors (Lipinski definition) is 3. The maximum atomic E-state index is 13.0. The van der Waals surface area contributed by atoms with Crippen LogP contribution >= 0.6 is 11.6 Å². The normalized spacial score (nSPS) is 14.3. The lowest BCUT2D eigenvalue weighted by atomic mass is 10.0. The van der Waals surface area contributed by atoms with Gasteiger partial charge in [0.2, 0.25) is 0 Å². The summed E-state index contributed by atoms with van der Waals surface area (Å²) in [4.78, 5) is 11.7. The van der Waals surface area contributed by atoms with Gasteiger partial charge in [-0.3, -0.25) is 10.1 Å². The molecule has 3 nitrogen and oxygen atoms in total. The number of benzene rings is 1. The first-order chi connectivity index (χ1) is 8.86. The fourth-order valence-corrected chi connectivity index (χ4v) is 2.20. The van der Waals surface area contributed by atoms with Crippen LogP contribution in [0.1, 0.15) is 32.4 Å². The molecule has 1 aromatic carbocycles. The second-order valence-corrected chi connectivity index (χ2v) is 5.21. The highest BCUT2D eigenvalue weighted by Gasteiger charge is 2.25. The molecule has 2 atom stereocenters. The third-order valence-corrected chi connectivity index (χ3v) is 3.31. The van der Waals surface area contributed by atoms with Crippen molar-refractivity contribution < 1.29 is 13.9 Å². The van der Waals surface area contributed by atoms with Crippen molar-refractivity contribution in [2.45, 2.75) is 32.9 Å². The standard InChI is InChI=1S/C14H19ClFNO2/c1-8(2)13(14(18)19-4)17-9(3)11-6-5-10(16)7-12(11)15/h5-9,13,17H,1-4H3. The molecule has 0 aromatic heterocycles. The molecule has 0 saturated heterocycles. The first kappa shape index (κ1) is 15.9. The topological polar surface area (TPSA) is 38.3 Å². The summed E-state index contributed by atoms with van der Waals surface area (Å²) in [5.74, 6) is -0.622. The summed E-state index contributed by atoms with van der Waals surface area (Å²) < 4.78 is 17.8. The number of hydrogen-bond donors (Lipinski definition) is 1. The summed E-state index contributed by atoms with van der Waals surface area (Å²) in [5, 5.41) is 3.50. The van der Waals surface area contributed by atoms with Crippen LogP contribution in [0.3, 0.4) is 0 Å². The summed E-state index contributed by atoms with van der Waals surface area (Å²) >= 11 is 6.00. The Bertz CT molecular complexity index is 451. The van der Waals surface area contributed by atoms with Crippen molar-refractivity contribution in [3.05, 3.63) is 34.6 Å². The lowest BCUT2D eigenvalue weighted by Crippen LogP contribution is -2.43. The van der Waals surface area contributed by atoms with Crippen molar-refractivity contribution in [1.82, 2.24) is 5.32 Å². The molecule has 0 aliphatic carbocycles. The number of methoxy groups -OCH3 is 1. The summed E-state index contributed by atoms with van der Waals surface area (Å²) in [6.07, 6.45) is 0. The minimum absolute atomic E-state index is 0.0779. The molecular weight excluding hydrogens is 269 g/mol. The van der Waals surface area contributed by atoms with E-state index in [-0.39, 0.29) is 23.7 Å². The summed E-state index contributed by atoms with van der Waals surface area (Å²) in [7, 11) is 1.36. The van der Waals surface area contributed by atoms with Gasteiger partial charge in [-0.05, 0) is 30.5 Å².